The lowest BCUT2D eigenvalue weighted by molar-refractivity contribution is -0.385. The van der Waals surface area contributed by atoms with Crippen molar-refractivity contribution in [3.8, 4) is 0 Å². The Morgan fingerprint density at radius 3 is 2.83 bits per heavy atom. The maximum absolute atomic E-state index is 12.1. The SMILES string of the molecule is O=C(c1cc(Cl)ccc1[N+](=O)[O-])N1CC[C@@H](O)C1. The molecule has 6 nitrogen and oxygen atoms in total. The minimum absolute atomic E-state index is 0.0402. The van der Waals surface area contributed by atoms with Crippen LogP contribution < -0.4 is 0 Å². The number of β-amino-alcohol motifs (C(OH)–C–C–N with tert-alkyl or cyclic N) is 1. The molecule has 0 saturated carbocycles. The zero-order chi connectivity index (χ0) is 13.3. The van der Waals surface area contributed by atoms with E-state index in [1.165, 1.54) is 23.1 Å². The van der Waals surface area contributed by atoms with E-state index in [0.717, 1.165) is 0 Å². The minimum Gasteiger partial charge on any atom is -0.391 e. The van der Waals surface area contributed by atoms with Gasteiger partial charge >= 0.3 is 0 Å². The third-order valence-electron chi connectivity index (χ3n) is 2.84. The lowest BCUT2D eigenvalue weighted by atomic mass is 10.1. The van der Waals surface area contributed by atoms with Gasteiger partial charge in [-0.3, -0.25) is 14.9 Å². The number of amides is 1. The lowest BCUT2D eigenvalue weighted by Gasteiger charge is -2.15. The summed E-state index contributed by atoms with van der Waals surface area (Å²) in [6, 6.07) is 3.87. The van der Waals surface area contributed by atoms with Crippen molar-refractivity contribution >= 4 is 23.2 Å². The molecule has 7 heteroatoms. The number of aliphatic hydroxyl groups is 1. The number of nitro benzene ring substituents is 1. The summed E-state index contributed by atoms with van der Waals surface area (Å²) < 4.78 is 0. The normalized spacial score (nSPS) is 19.0. The summed E-state index contributed by atoms with van der Waals surface area (Å²) in [6.45, 7) is 0.589. The van der Waals surface area contributed by atoms with Gasteiger partial charge in [-0.1, -0.05) is 11.6 Å². The van der Waals surface area contributed by atoms with Crippen LogP contribution in [0.5, 0.6) is 0 Å². The fourth-order valence-electron chi connectivity index (χ4n) is 1.94. The van der Waals surface area contributed by atoms with E-state index in [4.69, 9.17) is 11.6 Å². The van der Waals surface area contributed by atoms with E-state index in [0.29, 0.717) is 13.0 Å². The number of carbonyl (C=O) groups excluding carboxylic acids is 1. The van der Waals surface area contributed by atoms with E-state index >= 15 is 0 Å². The molecule has 1 saturated heterocycles. The monoisotopic (exact) mass is 270 g/mol. The number of nitrogens with zero attached hydrogens (tertiary/aromatic N) is 2. The van der Waals surface area contributed by atoms with Gasteiger partial charge in [0.25, 0.3) is 11.6 Å². The van der Waals surface area contributed by atoms with Crippen molar-refractivity contribution in [1.29, 1.82) is 0 Å². The lowest BCUT2D eigenvalue weighted by Crippen LogP contribution is -2.30. The van der Waals surface area contributed by atoms with Crippen LogP contribution in [0.2, 0.25) is 5.02 Å². The molecule has 0 aromatic heterocycles. The average molecular weight is 271 g/mol. The zero-order valence-corrected chi connectivity index (χ0v) is 10.1. The number of hydrogen-bond donors (Lipinski definition) is 1. The van der Waals surface area contributed by atoms with E-state index in [1.807, 2.05) is 0 Å². The standard InChI is InChI=1S/C11H11ClN2O4/c12-7-1-2-10(14(17)18)9(5-7)11(16)13-4-3-8(15)6-13/h1-2,5,8,15H,3-4,6H2/t8-/m1/s1. The van der Waals surface area contributed by atoms with Crippen molar-refractivity contribution < 1.29 is 14.8 Å². The number of halogens is 1. The highest BCUT2D eigenvalue weighted by atomic mass is 35.5. The topological polar surface area (TPSA) is 83.7 Å². The van der Waals surface area contributed by atoms with Crippen molar-refractivity contribution in [3.05, 3.63) is 38.9 Å². The van der Waals surface area contributed by atoms with Crippen molar-refractivity contribution in [2.45, 2.75) is 12.5 Å². The number of rotatable bonds is 2. The van der Waals surface area contributed by atoms with Gasteiger partial charge in [-0.05, 0) is 18.6 Å². The number of aliphatic hydroxyl groups excluding tert-OH is 1. The Morgan fingerprint density at radius 1 is 1.56 bits per heavy atom. The van der Waals surface area contributed by atoms with Crippen molar-refractivity contribution in [1.82, 2.24) is 4.90 Å². The summed E-state index contributed by atoms with van der Waals surface area (Å²) >= 11 is 5.76. The van der Waals surface area contributed by atoms with Crippen molar-refractivity contribution in [2.24, 2.45) is 0 Å². The Hall–Kier alpha value is -1.66. The fourth-order valence-corrected chi connectivity index (χ4v) is 2.11. The fraction of sp³-hybridized carbons (Fsp3) is 0.364. The molecule has 0 aliphatic carbocycles. The Kier molecular flexibility index (Phi) is 3.49. The maximum atomic E-state index is 12.1. The van der Waals surface area contributed by atoms with E-state index in [9.17, 15) is 20.0 Å². The van der Waals surface area contributed by atoms with Gasteiger partial charge in [0, 0.05) is 24.2 Å². The van der Waals surface area contributed by atoms with Crippen LogP contribution in [0.3, 0.4) is 0 Å². The molecule has 0 radical (unpaired) electrons. The first-order valence-electron chi connectivity index (χ1n) is 5.40. The number of nitro groups is 1. The maximum Gasteiger partial charge on any atom is 0.282 e. The summed E-state index contributed by atoms with van der Waals surface area (Å²) in [5.74, 6) is -0.472. The average Bonchev–Trinajstić information content (AvgIpc) is 2.74. The second kappa shape index (κ2) is 4.91. The highest BCUT2D eigenvalue weighted by Crippen LogP contribution is 2.25. The molecule has 18 heavy (non-hydrogen) atoms. The predicted octanol–water partition coefficient (Wildman–Crippen LogP) is 1.46. The molecule has 1 N–H and O–H groups in total. The molecule has 1 aliphatic heterocycles. The van der Waals surface area contributed by atoms with Crippen LogP contribution in [0.15, 0.2) is 18.2 Å². The second-order valence-corrected chi connectivity index (χ2v) is 4.55. The Morgan fingerprint density at radius 2 is 2.28 bits per heavy atom. The van der Waals surface area contributed by atoms with Crippen LogP contribution in [-0.4, -0.2) is 40.0 Å². The Balaban J connectivity index is 2.34. The Labute approximate surface area is 108 Å². The molecule has 0 spiro atoms. The van der Waals surface area contributed by atoms with Gasteiger partial charge in [-0.25, -0.2) is 0 Å². The molecule has 1 atom stereocenters. The quantitative estimate of drug-likeness (QED) is 0.651. The molecule has 96 valence electrons. The number of benzene rings is 1. The van der Waals surface area contributed by atoms with Crippen LogP contribution in [0.25, 0.3) is 0 Å². The van der Waals surface area contributed by atoms with Crippen molar-refractivity contribution in [2.75, 3.05) is 13.1 Å². The summed E-state index contributed by atoms with van der Waals surface area (Å²) in [7, 11) is 0. The second-order valence-electron chi connectivity index (χ2n) is 4.11. The van der Waals surface area contributed by atoms with Crippen LogP contribution >= 0.6 is 11.6 Å². The zero-order valence-electron chi connectivity index (χ0n) is 9.38. The molecule has 1 aromatic rings. The Bertz CT molecular complexity index is 506. The van der Waals surface area contributed by atoms with E-state index in [1.54, 1.807) is 0 Å². The molecule has 0 bridgehead atoms. The van der Waals surface area contributed by atoms with E-state index in [-0.39, 0.29) is 22.8 Å². The number of hydrogen-bond acceptors (Lipinski definition) is 4. The molecule has 2 rings (SSSR count). The molecule has 1 fully saturated rings. The summed E-state index contributed by atoms with van der Waals surface area (Å²) in [5.41, 5.74) is -0.313. The van der Waals surface area contributed by atoms with E-state index < -0.39 is 16.9 Å². The molecule has 1 aromatic carbocycles. The van der Waals surface area contributed by atoms with Crippen LogP contribution in [0, 0.1) is 10.1 Å². The van der Waals surface area contributed by atoms with E-state index in [2.05, 4.69) is 0 Å². The third kappa shape index (κ3) is 2.44. The number of carbonyl (C=O) groups is 1. The van der Waals surface area contributed by atoms with Gasteiger partial charge in [0.05, 0.1) is 11.0 Å². The first-order valence-corrected chi connectivity index (χ1v) is 5.78. The van der Waals surface area contributed by atoms with Gasteiger partial charge < -0.3 is 10.0 Å². The van der Waals surface area contributed by atoms with Crippen LogP contribution in [0.4, 0.5) is 5.69 Å². The summed E-state index contributed by atoms with van der Waals surface area (Å²) in [6.07, 6.45) is -0.0766. The first-order chi connectivity index (χ1) is 8.49. The van der Waals surface area contributed by atoms with Gasteiger partial charge in [0.1, 0.15) is 5.56 Å². The summed E-state index contributed by atoms with van der Waals surface area (Å²) in [5, 5.41) is 20.5. The number of likely N-dealkylation sites (tertiary alicyclic amines) is 1. The van der Waals surface area contributed by atoms with Crippen LogP contribution in [0.1, 0.15) is 16.8 Å². The molecule has 1 aliphatic rings. The smallest absolute Gasteiger partial charge is 0.282 e. The molecule has 1 heterocycles. The third-order valence-corrected chi connectivity index (χ3v) is 3.07. The van der Waals surface area contributed by atoms with Gasteiger partial charge in [-0.15, -0.1) is 0 Å². The van der Waals surface area contributed by atoms with Gasteiger partial charge in [0.15, 0.2) is 0 Å². The molecule has 0 unspecified atom stereocenters. The first kappa shape index (κ1) is 12.8. The van der Waals surface area contributed by atoms with Crippen LogP contribution in [-0.2, 0) is 0 Å². The highest BCUT2D eigenvalue weighted by molar-refractivity contribution is 6.31. The molecule has 1 amide bonds. The highest BCUT2D eigenvalue weighted by Gasteiger charge is 2.29. The minimum atomic E-state index is -0.615. The predicted molar refractivity (Wildman–Crippen MR) is 64.6 cm³/mol. The summed E-state index contributed by atoms with van der Waals surface area (Å²) in [4.78, 5) is 23.8. The van der Waals surface area contributed by atoms with Crippen molar-refractivity contribution in [3.63, 3.8) is 0 Å². The molecular weight excluding hydrogens is 260 g/mol. The van der Waals surface area contributed by atoms with Gasteiger partial charge in [-0.2, -0.15) is 0 Å². The molecular formula is C11H11ClN2O4. The van der Waals surface area contributed by atoms with Gasteiger partial charge in [0.2, 0.25) is 0 Å². The largest absolute Gasteiger partial charge is 0.391 e.